The quantitative estimate of drug-likeness (QED) is 0.434. The molecule has 1 amide bonds. The molecule has 0 aliphatic rings. The lowest BCUT2D eigenvalue weighted by Gasteiger charge is -2.14. The molecule has 2 aromatic carbocycles. The van der Waals surface area contributed by atoms with E-state index in [1.165, 1.54) is 0 Å². The topological polar surface area (TPSA) is 90.8 Å². The summed E-state index contributed by atoms with van der Waals surface area (Å²) in [6.45, 7) is 2.46. The van der Waals surface area contributed by atoms with Crippen molar-refractivity contribution in [3.05, 3.63) is 99.9 Å². The number of methoxy groups -OCH3 is 1. The Morgan fingerprint density at radius 3 is 2.73 bits per heavy atom. The molecule has 3 heterocycles. The smallest absolute Gasteiger partial charge is 0.277 e. The Hall–Kier alpha value is -4.33. The first-order chi connectivity index (χ1) is 16.0. The Labute approximate surface area is 189 Å². The number of rotatable bonds is 6. The molecule has 0 bridgehead atoms. The number of nitrogens with zero attached hydrogens (tertiary/aromatic N) is 3. The molecule has 0 atom stereocenters. The Balaban J connectivity index is 1.57. The zero-order chi connectivity index (χ0) is 22.9. The van der Waals surface area contributed by atoms with Crippen LogP contribution in [-0.4, -0.2) is 27.2 Å². The molecule has 3 aromatic heterocycles. The van der Waals surface area contributed by atoms with Crippen molar-refractivity contribution in [3.63, 3.8) is 0 Å². The number of aromatic nitrogens is 3. The molecule has 0 aliphatic heterocycles. The van der Waals surface area contributed by atoms with Crippen LogP contribution in [0.5, 0.6) is 5.75 Å². The van der Waals surface area contributed by atoms with Crippen LogP contribution in [0, 0.1) is 6.92 Å². The summed E-state index contributed by atoms with van der Waals surface area (Å²) in [6.07, 6.45) is 1.60. The normalized spacial score (nSPS) is 11.2. The molecule has 8 nitrogen and oxygen atoms in total. The molecular weight excluding hydrogens is 420 g/mol. The van der Waals surface area contributed by atoms with Crippen molar-refractivity contribution in [2.24, 2.45) is 0 Å². The third-order valence-corrected chi connectivity index (χ3v) is 5.56. The highest BCUT2D eigenvalue weighted by molar-refractivity contribution is 5.97. The van der Waals surface area contributed by atoms with Gasteiger partial charge in [-0.15, -0.1) is 0 Å². The number of furan rings is 1. The lowest BCUT2D eigenvalue weighted by atomic mass is 10.1. The number of hydrogen-bond donors (Lipinski definition) is 1. The van der Waals surface area contributed by atoms with Crippen LogP contribution < -0.4 is 15.6 Å². The maximum atomic E-state index is 13.3. The Morgan fingerprint density at radius 2 is 1.94 bits per heavy atom. The molecule has 0 fully saturated rings. The van der Waals surface area contributed by atoms with Crippen LogP contribution >= 0.6 is 0 Å². The van der Waals surface area contributed by atoms with Gasteiger partial charge in [0.2, 0.25) is 0 Å². The summed E-state index contributed by atoms with van der Waals surface area (Å²) in [5.74, 6) is 1.92. The van der Waals surface area contributed by atoms with Gasteiger partial charge in [0, 0.05) is 5.56 Å². The number of amides is 1. The fourth-order valence-corrected chi connectivity index (χ4v) is 3.92. The van der Waals surface area contributed by atoms with Crippen LogP contribution in [0.3, 0.4) is 0 Å². The lowest BCUT2D eigenvalue weighted by Crippen LogP contribution is -2.25. The molecular formula is C25H22N4O4. The molecule has 0 saturated carbocycles. The van der Waals surface area contributed by atoms with Crippen LogP contribution in [0.1, 0.15) is 27.4 Å². The maximum absolute atomic E-state index is 13.3. The Bertz CT molecular complexity index is 1540. The second-order valence-corrected chi connectivity index (χ2v) is 7.77. The molecule has 5 aromatic rings. The first-order valence-electron chi connectivity index (χ1n) is 10.5. The Kier molecular flexibility index (Phi) is 5.18. The van der Waals surface area contributed by atoms with Gasteiger partial charge in [0.05, 0.1) is 37.4 Å². The summed E-state index contributed by atoms with van der Waals surface area (Å²) < 4.78 is 14.1. The van der Waals surface area contributed by atoms with Gasteiger partial charge < -0.3 is 19.0 Å². The second kappa shape index (κ2) is 8.31. The zero-order valence-corrected chi connectivity index (χ0v) is 18.2. The molecule has 0 aliphatic carbocycles. The van der Waals surface area contributed by atoms with E-state index in [1.807, 2.05) is 49.4 Å². The van der Waals surface area contributed by atoms with Crippen LogP contribution in [0.25, 0.3) is 16.6 Å². The van der Waals surface area contributed by atoms with Crippen LogP contribution in [0.4, 0.5) is 0 Å². The van der Waals surface area contributed by atoms with Crippen molar-refractivity contribution in [1.29, 1.82) is 0 Å². The molecule has 1 N–H and O–H groups in total. The lowest BCUT2D eigenvalue weighted by molar-refractivity contribution is 0.0948. The fourth-order valence-electron chi connectivity index (χ4n) is 3.92. The van der Waals surface area contributed by atoms with Gasteiger partial charge in [0.1, 0.15) is 22.8 Å². The summed E-state index contributed by atoms with van der Waals surface area (Å²) >= 11 is 0. The number of ether oxygens (including phenoxy) is 1. The van der Waals surface area contributed by atoms with Crippen molar-refractivity contribution >= 4 is 22.5 Å². The minimum Gasteiger partial charge on any atom is -0.497 e. The van der Waals surface area contributed by atoms with E-state index in [-0.39, 0.29) is 18.0 Å². The van der Waals surface area contributed by atoms with Crippen molar-refractivity contribution in [2.75, 3.05) is 7.11 Å². The number of carbonyl (C=O) groups is 1. The number of aryl methyl sites for hydroxylation is 1. The first kappa shape index (κ1) is 20.6. The molecule has 166 valence electrons. The molecule has 5 rings (SSSR count). The first-order valence-corrected chi connectivity index (χ1v) is 10.5. The second-order valence-electron chi connectivity index (χ2n) is 7.77. The minimum atomic E-state index is -0.258. The van der Waals surface area contributed by atoms with Gasteiger partial charge in [-0.05, 0) is 61.0 Å². The highest BCUT2D eigenvalue weighted by Crippen LogP contribution is 2.19. The molecule has 0 unspecified atom stereocenters. The highest BCUT2D eigenvalue weighted by Gasteiger charge is 2.15. The van der Waals surface area contributed by atoms with E-state index in [2.05, 4.69) is 10.4 Å². The van der Waals surface area contributed by atoms with Gasteiger partial charge in [-0.3, -0.25) is 9.59 Å². The molecule has 0 saturated heterocycles. The van der Waals surface area contributed by atoms with Gasteiger partial charge in [0.15, 0.2) is 0 Å². The van der Waals surface area contributed by atoms with Gasteiger partial charge >= 0.3 is 0 Å². The number of nitrogens with one attached hydrogen (secondary N) is 1. The SMILES string of the molecule is COc1cccc(Cn2c(=O)c3ccnn3c3ccc(C(=O)NCc4ccc(C)o4)cc32)c1. The molecule has 8 heteroatoms. The number of fused-ring (bicyclic) bond motifs is 3. The monoisotopic (exact) mass is 442 g/mol. The van der Waals surface area contributed by atoms with E-state index in [1.54, 1.807) is 40.6 Å². The van der Waals surface area contributed by atoms with E-state index < -0.39 is 0 Å². The third-order valence-electron chi connectivity index (χ3n) is 5.56. The predicted octanol–water partition coefficient (Wildman–Crippen LogP) is 3.54. The summed E-state index contributed by atoms with van der Waals surface area (Å²) in [5, 5.41) is 7.17. The average molecular weight is 442 g/mol. The summed E-state index contributed by atoms with van der Waals surface area (Å²) in [4.78, 5) is 26.2. The van der Waals surface area contributed by atoms with Gasteiger partial charge in [-0.2, -0.15) is 5.10 Å². The third kappa shape index (κ3) is 3.87. The number of benzene rings is 2. The highest BCUT2D eigenvalue weighted by atomic mass is 16.5. The minimum absolute atomic E-state index is 0.188. The summed E-state index contributed by atoms with van der Waals surface area (Å²) in [5.41, 5.74) is 2.97. The molecule has 33 heavy (non-hydrogen) atoms. The van der Waals surface area contributed by atoms with Gasteiger partial charge in [-0.25, -0.2) is 4.52 Å². The largest absolute Gasteiger partial charge is 0.497 e. The van der Waals surface area contributed by atoms with E-state index in [0.717, 1.165) is 16.8 Å². The van der Waals surface area contributed by atoms with Crippen molar-refractivity contribution in [3.8, 4) is 5.75 Å². The summed E-state index contributed by atoms with van der Waals surface area (Å²) in [7, 11) is 1.61. The zero-order valence-electron chi connectivity index (χ0n) is 18.2. The predicted molar refractivity (Wildman–Crippen MR) is 124 cm³/mol. The van der Waals surface area contributed by atoms with E-state index in [4.69, 9.17) is 9.15 Å². The maximum Gasteiger partial charge on any atom is 0.277 e. The van der Waals surface area contributed by atoms with Gasteiger partial charge in [-0.1, -0.05) is 12.1 Å². The van der Waals surface area contributed by atoms with Crippen LogP contribution in [0.2, 0.25) is 0 Å². The van der Waals surface area contributed by atoms with Crippen LogP contribution in [-0.2, 0) is 13.1 Å². The van der Waals surface area contributed by atoms with E-state index in [9.17, 15) is 9.59 Å². The summed E-state index contributed by atoms with van der Waals surface area (Å²) in [6, 6.07) is 18.2. The molecule has 0 spiro atoms. The number of carbonyl (C=O) groups excluding carboxylic acids is 1. The number of hydrogen-bond acceptors (Lipinski definition) is 5. The van der Waals surface area contributed by atoms with E-state index in [0.29, 0.717) is 34.7 Å². The molecule has 0 radical (unpaired) electrons. The van der Waals surface area contributed by atoms with Gasteiger partial charge in [0.25, 0.3) is 11.5 Å². The standard InChI is InChI=1S/C25H22N4O4/c1-16-6-8-20(33-16)14-26-24(30)18-7-9-21-23(13-18)28(25(31)22-10-11-27-29(21)22)15-17-4-3-5-19(12-17)32-2/h3-13H,14-15H2,1-2H3,(H,26,30). The van der Waals surface area contributed by atoms with Crippen molar-refractivity contribution in [1.82, 2.24) is 19.5 Å². The fraction of sp³-hybridized carbons (Fsp3) is 0.160. The van der Waals surface area contributed by atoms with Crippen molar-refractivity contribution in [2.45, 2.75) is 20.0 Å². The van der Waals surface area contributed by atoms with E-state index >= 15 is 0 Å². The van der Waals surface area contributed by atoms with Crippen LogP contribution in [0.15, 0.2) is 76.1 Å². The van der Waals surface area contributed by atoms with Crippen molar-refractivity contribution < 1.29 is 13.9 Å². The Morgan fingerprint density at radius 1 is 1.06 bits per heavy atom. The average Bonchev–Trinajstić information content (AvgIpc) is 3.49.